The Labute approximate surface area is 200 Å². The van der Waals surface area contributed by atoms with Crippen LogP contribution in [0.1, 0.15) is 36.6 Å². The van der Waals surface area contributed by atoms with Crippen molar-refractivity contribution in [2.45, 2.75) is 31.6 Å². The quantitative estimate of drug-likeness (QED) is 0.228. The Kier molecular flexibility index (Phi) is 4.41. The van der Waals surface area contributed by atoms with E-state index >= 15 is 0 Å². The number of benzene rings is 3. The van der Waals surface area contributed by atoms with Crippen molar-refractivity contribution in [1.82, 2.24) is 19.5 Å². The molecule has 0 bridgehead atoms. The van der Waals surface area contributed by atoms with Gasteiger partial charge in [-0.2, -0.15) is 36.3 Å². The summed E-state index contributed by atoms with van der Waals surface area (Å²) < 4.78 is 82.3. The summed E-state index contributed by atoms with van der Waals surface area (Å²) in [6.07, 6.45) is -10.4. The standard InChI is InChI=1S/C26H16F6N4/c1-24(2)17-9-5-3-7-13(17)15-12-20-16(11-18(15)24)14-8-4-6-10-19(14)36(20)23-34-21(25(27,28)29)33-22(35-23)26(30,31)32/h3-12H,1-2H3. The molecule has 0 unspecified atom stereocenters. The van der Waals surface area contributed by atoms with Crippen LogP contribution in [0.3, 0.4) is 0 Å². The van der Waals surface area contributed by atoms with Crippen molar-refractivity contribution in [2.24, 2.45) is 0 Å². The summed E-state index contributed by atoms with van der Waals surface area (Å²) in [4.78, 5) is 9.55. The number of para-hydroxylation sites is 1. The number of rotatable bonds is 1. The van der Waals surface area contributed by atoms with Gasteiger partial charge in [0.05, 0.1) is 11.0 Å². The topological polar surface area (TPSA) is 43.6 Å². The number of hydrogen-bond acceptors (Lipinski definition) is 3. The summed E-state index contributed by atoms with van der Waals surface area (Å²) in [5, 5.41) is 1.33. The van der Waals surface area contributed by atoms with E-state index in [1.165, 1.54) is 4.57 Å². The van der Waals surface area contributed by atoms with E-state index in [-0.39, 0.29) is 5.41 Å². The molecule has 3 aromatic carbocycles. The average Bonchev–Trinajstić information content (AvgIpc) is 3.26. The number of aromatic nitrogens is 4. The largest absolute Gasteiger partial charge is 0.451 e. The van der Waals surface area contributed by atoms with E-state index < -0.39 is 29.9 Å². The molecule has 0 saturated heterocycles. The van der Waals surface area contributed by atoms with Gasteiger partial charge in [0.1, 0.15) is 0 Å². The van der Waals surface area contributed by atoms with E-state index in [2.05, 4.69) is 28.8 Å². The Morgan fingerprint density at radius 1 is 0.639 bits per heavy atom. The molecule has 6 rings (SSSR count). The van der Waals surface area contributed by atoms with Crippen LogP contribution in [-0.4, -0.2) is 19.5 Å². The van der Waals surface area contributed by atoms with E-state index in [0.29, 0.717) is 21.8 Å². The molecule has 0 spiro atoms. The van der Waals surface area contributed by atoms with E-state index in [1.807, 2.05) is 30.3 Å². The lowest BCUT2D eigenvalue weighted by Gasteiger charge is -2.21. The maximum Gasteiger partial charge on any atom is 0.451 e. The molecule has 2 aromatic heterocycles. The molecule has 4 nitrogen and oxygen atoms in total. The lowest BCUT2D eigenvalue weighted by molar-refractivity contribution is -0.155. The average molecular weight is 498 g/mol. The summed E-state index contributed by atoms with van der Waals surface area (Å²) in [6.45, 7) is 4.17. The maximum absolute atomic E-state index is 13.5. The number of alkyl halides is 6. The second-order valence-electron chi connectivity index (χ2n) is 9.22. The van der Waals surface area contributed by atoms with Crippen molar-refractivity contribution in [3.05, 3.63) is 83.4 Å². The first-order valence-corrected chi connectivity index (χ1v) is 11.0. The molecule has 2 heterocycles. The zero-order valence-electron chi connectivity index (χ0n) is 18.8. The lowest BCUT2D eigenvalue weighted by Crippen LogP contribution is -2.21. The third-order valence-corrected chi connectivity index (χ3v) is 6.71. The Balaban J connectivity index is 1.74. The van der Waals surface area contributed by atoms with Crippen molar-refractivity contribution in [3.63, 3.8) is 0 Å². The van der Waals surface area contributed by atoms with Gasteiger partial charge in [0.25, 0.3) is 0 Å². The molecular formula is C26H16F6N4. The SMILES string of the molecule is CC1(C)c2ccccc2-c2cc3c(cc21)c1ccccc1n3-c1nc(C(F)(F)F)nc(C(F)(F)F)n1. The first kappa shape index (κ1) is 22.5. The van der Waals surface area contributed by atoms with Crippen molar-refractivity contribution < 1.29 is 26.3 Å². The minimum atomic E-state index is -5.19. The molecule has 1 aliphatic carbocycles. The summed E-state index contributed by atoms with van der Waals surface area (Å²) in [5.41, 5.74) is 4.35. The summed E-state index contributed by atoms with van der Waals surface area (Å²) in [6, 6.07) is 18.3. The number of fused-ring (bicyclic) bond motifs is 6. The minimum Gasteiger partial charge on any atom is -0.278 e. The molecule has 36 heavy (non-hydrogen) atoms. The van der Waals surface area contributed by atoms with Gasteiger partial charge < -0.3 is 0 Å². The Morgan fingerprint density at radius 3 is 1.92 bits per heavy atom. The van der Waals surface area contributed by atoms with Crippen molar-refractivity contribution in [1.29, 1.82) is 0 Å². The molecule has 0 radical (unpaired) electrons. The first-order valence-electron chi connectivity index (χ1n) is 11.0. The molecule has 1 aliphatic rings. The van der Waals surface area contributed by atoms with Crippen molar-refractivity contribution in [2.75, 3.05) is 0 Å². The molecule has 5 aromatic rings. The van der Waals surface area contributed by atoms with Gasteiger partial charge in [-0.05, 0) is 40.5 Å². The van der Waals surface area contributed by atoms with E-state index in [1.54, 1.807) is 30.3 Å². The fourth-order valence-corrected chi connectivity index (χ4v) is 5.10. The van der Waals surface area contributed by atoms with Crippen LogP contribution in [0.15, 0.2) is 60.7 Å². The second kappa shape index (κ2) is 7.05. The molecule has 0 aliphatic heterocycles. The fraction of sp³-hybridized carbons (Fsp3) is 0.192. The minimum absolute atomic E-state index is 0.344. The van der Waals surface area contributed by atoms with Crippen LogP contribution < -0.4 is 0 Å². The van der Waals surface area contributed by atoms with Gasteiger partial charge in [-0.1, -0.05) is 56.3 Å². The van der Waals surface area contributed by atoms with E-state index in [0.717, 1.165) is 22.3 Å². The molecule has 0 N–H and O–H groups in total. The fourth-order valence-electron chi connectivity index (χ4n) is 5.10. The highest BCUT2D eigenvalue weighted by molar-refractivity contribution is 6.11. The summed E-state index contributed by atoms with van der Waals surface area (Å²) in [5.74, 6) is -4.56. The Hall–Kier alpha value is -3.95. The van der Waals surface area contributed by atoms with Crippen LogP contribution in [0, 0.1) is 0 Å². The molecule has 0 saturated carbocycles. The lowest BCUT2D eigenvalue weighted by atomic mass is 9.82. The molecule has 0 fully saturated rings. The molecule has 0 atom stereocenters. The van der Waals surface area contributed by atoms with Gasteiger partial charge in [-0.3, -0.25) is 4.57 Å². The molecule has 0 amide bonds. The molecule has 182 valence electrons. The monoisotopic (exact) mass is 498 g/mol. The van der Waals surface area contributed by atoms with Crippen LogP contribution in [0.2, 0.25) is 0 Å². The third-order valence-electron chi connectivity index (χ3n) is 6.71. The predicted molar refractivity (Wildman–Crippen MR) is 122 cm³/mol. The molecular weight excluding hydrogens is 482 g/mol. The smallest absolute Gasteiger partial charge is 0.278 e. The van der Waals surface area contributed by atoms with Crippen molar-refractivity contribution >= 4 is 21.8 Å². The Bertz CT molecular complexity index is 1660. The van der Waals surface area contributed by atoms with Crippen LogP contribution in [0.25, 0.3) is 38.9 Å². The van der Waals surface area contributed by atoms with Crippen LogP contribution >= 0.6 is 0 Å². The van der Waals surface area contributed by atoms with E-state index in [4.69, 9.17) is 0 Å². The van der Waals surface area contributed by atoms with Gasteiger partial charge in [0, 0.05) is 16.2 Å². The zero-order chi connectivity index (χ0) is 25.6. The maximum atomic E-state index is 13.5. The number of halogens is 6. The predicted octanol–water partition coefficient (Wildman–Crippen LogP) is 7.31. The number of nitrogens with zero attached hydrogens (tertiary/aromatic N) is 4. The highest BCUT2D eigenvalue weighted by Crippen LogP contribution is 2.50. The first-order chi connectivity index (χ1) is 16.9. The zero-order valence-corrected chi connectivity index (χ0v) is 18.8. The van der Waals surface area contributed by atoms with Gasteiger partial charge >= 0.3 is 12.4 Å². The normalized spacial score (nSPS) is 14.9. The highest BCUT2D eigenvalue weighted by Gasteiger charge is 2.42. The summed E-state index contributed by atoms with van der Waals surface area (Å²) in [7, 11) is 0. The van der Waals surface area contributed by atoms with Crippen molar-refractivity contribution in [3.8, 4) is 17.1 Å². The van der Waals surface area contributed by atoms with Gasteiger partial charge in [0.15, 0.2) is 0 Å². The Morgan fingerprint density at radius 2 is 1.25 bits per heavy atom. The third kappa shape index (κ3) is 3.13. The van der Waals surface area contributed by atoms with Gasteiger partial charge in [-0.25, -0.2) is 4.98 Å². The highest BCUT2D eigenvalue weighted by atomic mass is 19.4. The van der Waals surface area contributed by atoms with Crippen LogP contribution in [0.4, 0.5) is 26.3 Å². The molecule has 10 heteroatoms. The second-order valence-corrected chi connectivity index (χ2v) is 9.22. The van der Waals surface area contributed by atoms with Gasteiger partial charge in [0.2, 0.25) is 17.6 Å². The van der Waals surface area contributed by atoms with Crippen LogP contribution in [0.5, 0.6) is 0 Å². The van der Waals surface area contributed by atoms with Gasteiger partial charge in [-0.15, -0.1) is 0 Å². The summed E-state index contributed by atoms with van der Waals surface area (Å²) >= 11 is 0. The van der Waals surface area contributed by atoms with E-state index in [9.17, 15) is 26.3 Å². The number of hydrogen-bond donors (Lipinski definition) is 0. The van der Waals surface area contributed by atoms with Crippen LogP contribution in [-0.2, 0) is 17.8 Å².